The Kier molecular flexibility index (Phi) is 4.36. The van der Waals surface area contributed by atoms with Gasteiger partial charge in [0.15, 0.2) is 6.10 Å². The summed E-state index contributed by atoms with van der Waals surface area (Å²) in [6.07, 6.45) is -5.91. The highest BCUT2D eigenvalue weighted by Crippen LogP contribution is 2.22. The summed E-state index contributed by atoms with van der Waals surface area (Å²) in [7, 11) is 0. The number of aliphatic hydroxyl groups is 1. The van der Waals surface area contributed by atoms with Crippen molar-refractivity contribution in [2.45, 2.75) is 31.7 Å². The lowest BCUT2D eigenvalue weighted by Crippen LogP contribution is -2.46. The number of hydrogen-bond donors (Lipinski definition) is 2. The summed E-state index contributed by atoms with van der Waals surface area (Å²) >= 11 is 0. The van der Waals surface area contributed by atoms with Gasteiger partial charge in [0.05, 0.1) is 0 Å². The van der Waals surface area contributed by atoms with Gasteiger partial charge in [-0.25, -0.2) is 0 Å². The van der Waals surface area contributed by atoms with E-state index in [9.17, 15) is 13.2 Å². The van der Waals surface area contributed by atoms with Gasteiger partial charge in [-0.15, -0.1) is 0 Å². The Morgan fingerprint density at radius 1 is 1.53 bits per heavy atom. The first kappa shape index (κ1) is 12.7. The molecule has 0 aromatic heterocycles. The molecule has 0 spiro atoms. The van der Waals surface area contributed by atoms with Crippen LogP contribution in [0.1, 0.15) is 13.3 Å². The molecule has 0 amide bonds. The molecule has 90 valence electrons. The second kappa shape index (κ2) is 5.14. The predicted octanol–water partition coefficient (Wildman–Crippen LogP) is 0.593. The lowest BCUT2D eigenvalue weighted by Gasteiger charge is -2.29. The zero-order valence-electron chi connectivity index (χ0n) is 8.72. The zero-order valence-corrected chi connectivity index (χ0v) is 8.72. The van der Waals surface area contributed by atoms with Crippen LogP contribution in [-0.2, 0) is 0 Å². The minimum Gasteiger partial charge on any atom is -0.382 e. The number of hydrogen-bond acceptors (Lipinski definition) is 3. The van der Waals surface area contributed by atoms with Crippen LogP contribution in [0.25, 0.3) is 0 Å². The fraction of sp³-hybridized carbons (Fsp3) is 1.00. The highest BCUT2D eigenvalue weighted by Gasteiger charge is 2.40. The van der Waals surface area contributed by atoms with Crippen LogP contribution in [0, 0.1) is 0 Å². The van der Waals surface area contributed by atoms with Gasteiger partial charge in [0.2, 0.25) is 0 Å². The van der Waals surface area contributed by atoms with Gasteiger partial charge in [0.1, 0.15) is 0 Å². The number of nitrogens with zero attached hydrogens (tertiary/aromatic N) is 1. The Balaban J connectivity index is 2.45. The Labute approximate surface area is 87.3 Å². The van der Waals surface area contributed by atoms with E-state index in [2.05, 4.69) is 5.32 Å². The van der Waals surface area contributed by atoms with Crippen molar-refractivity contribution in [3.05, 3.63) is 0 Å². The topological polar surface area (TPSA) is 35.5 Å². The van der Waals surface area contributed by atoms with Crippen LogP contribution < -0.4 is 5.32 Å². The van der Waals surface area contributed by atoms with Crippen molar-refractivity contribution in [1.29, 1.82) is 0 Å². The molecule has 2 N–H and O–H groups in total. The molecule has 1 fully saturated rings. The average Bonchev–Trinajstić information content (AvgIpc) is 2.64. The summed E-state index contributed by atoms with van der Waals surface area (Å²) in [5.41, 5.74) is 0. The smallest absolute Gasteiger partial charge is 0.382 e. The summed E-state index contributed by atoms with van der Waals surface area (Å²) in [6, 6.07) is 0.118. The maximum absolute atomic E-state index is 12.1. The lowest BCUT2D eigenvalue weighted by atomic mass is 10.2. The quantitative estimate of drug-likeness (QED) is 0.736. The Bertz CT molecular complexity index is 192. The molecule has 0 saturated carbocycles. The van der Waals surface area contributed by atoms with Gasteiger partial charge in [0.25, 0.3) is 0 Å². The molecule has 0 aromatic rings. The van der Waals surface area contributed by atoms with E-state index in [-0.39, 0.29) is 12.6 Å². The van der Waals surface area contributed by atoms with Gasteiger partial charge < -0.3 is 10.4 Å². The largest absolute Gasteiger partial charge is 0.415 e. The molecule has 1 heterocycles. The second-order valence-electron chi connectivity index (χ2n) is 3.79. The van der Waals surface area contributed by atoms with Crippen molar-refractivity contribution in [2.24, 2.45) is 0 Å². The minimum atomic E-state index is -4.51. The molecule has 2 unspecified atom stereocenters. The number of aliphatic hydroxyl groups excluding tert-OH is 1. The number of rotatable bonds is 4. The van der Waals surface area contributed by atoms with E-state index in [0.29, 0.717) is 13.1 Å². The molecule has 1 aliphatic rings. The van der Waals surface area contributed by atoms with Crippen LogP contribution in [0.4, 0.5) is 13.2 Å². The molecule has 0 aliphatic carbocycles. The molecular formula is C9H17F3N2O. The molecule has 0 aromatic carbocycles. The maximum atomic E-state index is 12.1. The third-order valence-corrected chi connectivity index (χ3v) is 2.74. The fourth-order valence-corrected chi connectivity index (χ4v) is 1.81. The summed E-state index contributed by atoms with van der Waals surface area (Å²) in [5.74, 6) is 0. The molecule has 6 heteroatoms. The van der Waals surface area contributed by atoms with E-state index in [4.69, 9.17) is 5.11 Å². The third kappa shape index (κ3) is 3.62. The fourth-order valence-electron chi connectivity index (χ4n) is 1.81. The summed E-state index contributed by atoms with van der Waals surface area (Å²) in [5, 5.41) is 12.1. The van der Waals surface area contributed by atoms with Crippen molar-refractivity contribution in [3.63, 3.8) is 0 Å². The molecular weight excluding hydrogens is 209 g/mol. The molecule has 0 radical (unpaired) electrons. The van der Waals surface area contributed by atoms with Crippen LogP contribution in [0.5, 0.6) is 0 Å². The Hall–Kier alpha value is -0.330. The molecule has 0 bridgehead atoms. The van der Waals surface area contributed by atoms with Crippen LogP contribution in [0.2, 0.25) is 0 Å². The van der Waals surface area contributed by atoms with Gasteiger partial charge in [-0.2, -0.15) is 13.2 Å². The molecule has 1 rings (SSSR count). The van der Waals surface area contributed by atoms with Crippen molar-refractivity contribution in [3.8, 4) is 0 Å². The average molecular weight is 226 g/mol. The first-order valence-electron chi connectivity index (χ1n) is 5.14. The van der Waals surface area contributed by atoms with Gasteiger partial charge >= 0.3 is 6.18 Å². The predicted molar refractivity (Wildman–Crippen MR) is 50.6 cm³/mol. The number of halogens is 3. The number of nitrogens with one attached hydrogen (secondary N) is 1. The molecule has 2 atom stereocenters. The van der Waals surface area contributed by atoms with Gasteiger partial charge in [-0.1, -0.05) is 6.92 Å². The van der Waals surface area contributed by atoms with Gasteiger partial charge in [-0.05, 0) is 19.5 Å². The number of likely N-dealkylation sites (N-methyl/N-ethyl adjacent to an activating group) is 1. The summed E-state index contributed by atoms with van der Waals surface area (Å²) < 4.78 is 36.4. The third-order valence-electron chi connectivity index (χ3n) is 2.74. The second-order valence-corrected chi connectivity index (χ2v) is 3.79. The van der Waals surface area contributed by atoms with E-state index in [1.807, 2.05) is 0 Å². The van der Waals surface area contributed by atoms with Crippen molar-refractivity contribution >= 4 is 0 Å². The van der Waals surface area contributed by atoms with Crippen LogP contribution in [0.15, 0.2) is 0 Å². The van der Waals surface area contributed by atoms with Crippen LogP contribution >= 0.6 is 0 Å². The molecule has 3 nitrogen and oxygen atoms in total. The van der Waals surface area contributed by atoms with Gasteiger partial charge in [-0.3, -0.25) is 4.90 Å². The van der Waals surface area contributed by atoms with E-state index >= 15 is 0 Å². The summed E-state index contributed by atoms with van der Waals surface area (Å²) in [6.45, 7) is 3.55. The SMILES string of the molecule is CCN(CC(O)C(F)(F)F)C1CCNC1. The zero-order chi connectivity index (χ0) is 11.5. The highest BCUT2D eigenvalue weighted by molar-refractivity contribution is 4.82. The Morgan fingerprint density at radius 2 is 2.20 bits per heavy atom. The lowest BCUT2D eigenvalue weighted by molar-refractivity contribution is -0.209. The van der Waals surface area contributed by atoms with Crippen molar-refractivity contribution in [2.75, 3.05) is 26.2 Å². The molecule has 15 heavy (non-hydrogen) atoms. The van der Waals surface area contributed by atoms with Gasteiger partial charge in [0, 0.05) is 19.1 Å². The maximum Gasteiger partial charge on any atom is 0.415 e. The highest BCUT2D eigenvalue weighted by atomic mass is 19.4. The number of alkyl halides is 3. The standard InChI is InChI=1S/C9H17F3N2O/c1-2-14(7-3-4-13-5-7)6-8(15)9(10,11)12/h7-8,13,15H,2-6H2,1H3. The van der Waals surface area contributed by atoms with E-state index in [1.54, 1.807) is 11.8 Å². The minimum absolute atomic E-state index is 0.118. The van der Waals surface area contributed by atoms with E-state index < -0.39 is 12.3 Å². The van der Waals surface area contributed by atoms with Crippen molar-refractivity contribution in [1.82, 2.24) is 10.2 Å². The molecule has 1 aliphatic heterocycles. The van der Waals surface area contributed by atoms with Crippen LogP contribution in [-0.4, -0.2) is 54.5 Å². The monoisotopic (exact) mass is 226 g/mol. The van der Waals surface area contributed by atoms with E-state index in [1.165, 1.54) is 0 Å². The molecule has 1 saturated heterocycles. The van der Waals surface area contributed by atoms with Crippen LogP contribution in [0.3, 0.4) is 0 Å². The summed E-state index contributed by atoms with van der Waals surface area (Å²) in [4.78, 5) is 1.68. The first-order chi connectivity index (χ1) is 6.95. The van der Waals surface area contributed by atoms with Crippen molar-refractivity contribution < 1.29 is 18.3 Å². The Morgan fingerprint density at radius 3 is 2.60 bits per heavy atom. The normalized spacial score (nSPS) is 24.8. The van der Waals surface area contributed by atoms with E-state index in [0.717, 1.165) is 13.0 Å². The first-order valence-corrected chi connectivity index (χ1v) is 5.14.